The highest BCUT2D eigenvalue weighted by atomic mass is 16.6. The summed E-state index contributed by atoms with van der Waals surface area (Å²) in [6.45, 7) is 7.79. The number of H-pyrrole nitrogens is 1. The number of nitrogens with two attached hydrogens (primary N) is 1. The summed E-state index contributed by atoms with van der Waals surface area (Å²) in [6.07, 6.45) is 5.66. The van der Waals surface area contributed by atoms with Crippen LogP contribution in [-0.2, 0) is 27.8 Å². The minimum absolute atomic E-state index is 0.185. The number of alkyl carbamates (subject to hydrolysis) is 1. The molecule has 4 amide bonds. The lowest BCUT2D eigenvalue weighted by Gasteiger charge is -2.32. The van der Waals surface area contributed by atoms with Gasteiger partial charge in [0.1, 0.15) is 11.3 Å². The third-order valence-electron chi connectivity index (χ3n) is 9.64. The Labute approximate surface area is 324 Å². The number of nitrogens with zero attached hydrogens (tertiary/aromatic N) is 7. The fourth-order valence-electron chi connectivity index (χ4n) is 6.72. The Bertz CT molecular complexity index is 2150. The van der Waals surface area contributed by atoms with Crippen LogP contribution in [0.5, 0.6) is 0 Å². The number of carbonyl (C=O) groups is 4. The van der Waals surface area contributed by atoms with Crippen molar-refractivity contribution in [3.05, 3.63) is 89.9 Å². The summed E-state index contributed by atoms with van der Waals surface area (Å²) >= 11 is 0. The number of imide groups is 1. The monoisotopic (exact) mass is 761 g/mol. The van der Waals surface area contributed by atoms with Gasteiger partial charge >= 0.3 is 6.09 Å². The topological polar surface area (TPSA) is 216 Å². The van der Waals surface area contributed by atoms with E-state index in [0.29, 0.717) is 55.1 Å². The molecular formula is C40H47N11O5. The first-order valence-electron chi connectivity index (χ1n) is 18.5. The van der Waals surface area contributed by atoms with Gasteiger partial charge < -0.3 is 21.1 Å². The fraction of sp³-hybridized carbons (Fsp3) is 0.375. The zero-order chi connectivity index (χ0) is 40.0. The Balaban J connectivity index is 1.12. The Hall–Kier alpha value is -6.29. The highest BCUT2D eigenvalue weighted by Crippen LogP contribution is 2.32. The van der Waals surface area contributed by atoms with E-state index in [9.17, 15) is 19.2 Å². The molecule has 0 saturated heterocycles. The van der Waals surface area contributed by atoms with Crippen molar-refractivity contribution in [1.82, 2.24) is 40.7 Å². The predicted octanol–water partition coefficient (Wildman–Crippen LogP) is 4.98. The van der Waals surface area contributed by atoms with Crippen molar-refractivity contribution < 1.29 is 23.9 Å². The molecule has 292 valence electrons. The van der Waals surface area contributed by atoms with Crippen LogP contribution in [-0.4, -0.2) is 77.4 Å². The summed E-state index contributed by atoms with van der Waals surface area (Å²) in [5, 5.41) is 23.8. The summed E-state index contributed by atoms with van der Waals surface area (Å²) in [5.74, 6) is -0.580. The van der Waals surface area contributed by atoms with E-state index in [-0.39, 0.29) is 29.8 Å². The maximum Gasteiger partial charge on any atom is 0.407 e. The van der Waals surface area contributed by atoms with Gasteiger partial charge in [-0.15, -0.1) is 10.2 Å². The Morgan fingerprint density at radius 3 is 2.30 bits per heavy atom. The molecule has 1 aliphatic rings. The van der Waals surface area contributed by atoms with Gasteiger partial charge in [-0.2, -0.15) is 10.3 Å². The fourth-order valence-corrected chi connectivity index (χ4v) is 6.72. The summed E-state index contributed by atoms with van der Waals surface area (Å²) in [4.78, 5) is 58.9. The van der Waals surface area contributed by atoms with Crippen molar-refractivity contribution >= 4 is 35.3 Å². The van der Waals surface area contributed by atoms with Crippen molar-refractivity contribution in [3.63, 3.8) is 0 Å². The lowest BCUT2D eigenvalue weighted by Crippen LogP contribution is -2.50. The molecule has 0 aliphatic heterocycles. The van der Waals surface area contributed by atoms with E-state index >= 15 is 0 Å². The quantitative estimate of drug-likeness (QED) is 0.141. The molecular weight excluding hydrogens is 715 g/mol. The van der Waals surface area contributed by atoms with Gasteiger partial charge in [0, 0.05) is 49.1 Å². The molecule has 5 aromatic rings. The van der Waals surface area contributed by atoms with E-state index in [1.54, 1.807) is 60.5 Å². The lowest BCUT2D eigenvalue weighted by atomic mass is 9.81. The third kappa shape index (κ3) is 9.87. The van der Waals surface area contributed by atoms with Gasteiger partial charge in [-0.25, -0.2) is 9.69 Å². The van der Waals surface area contributed by atoms with Crippen molar-refractivity contribution in [2.75, 3.05) is 16.8 Å². The molecule has 3 aromatic heterocycles. The summed E-state index contributed by atoms with van der Waals surface area (Å²) in [7, 11) is 1.77. The minimum Gasteiger partial charge on any atom is -0.444 e. The van der Waals surface area contributed by atoms with Crippen molar-refractivity contribution in [2.24, 2.45) is 24.6 Å². The van der Waals surface area contributed by atoms with Crippen LogP contribution in [0.3, 0.4) is 0 Å². The number of ether oxygens (including phenoxy) is 1. The first-order chi connectivity index (χ1) is 26.7. The van der Waals surface area contributed by atoms with E-state index < -0.39 is 29.6 Å². The van der Waals surface area contributed by atoms with Gasteiger partial charge in [0.15, 0.2) is 5.82 Å². The number of nitrogens with one attached hydrogen (secondary N) is 3. The number of carbonyl (C=O) groups excluding carboxylic acids is 4. The molecule has 1 fully saturated rings. The molecule has 6 rings (SSSR count). The van der Waals surface area contributed by atoms with E-state index in [0.717, 1.165) is 22.3 Å². The van der Waals surface area contributed by atoms with Crippen LogP contribution in [0.25, 0.3) is 22.5 Å². The second kappa shape index (κ2) is 17.0. The van der Waals surface area contributed by atoms with Crippen LogP contribution in [0.2, 0.25) is 0 Å². The van der Waals surface area contributed by atoms with E-state index in [1.165, 1.54) is 4.90 Å². The van der Waals surface area contributed by atoms with Crippen LogP contribution in [0, 0.1) is 18.8 Å². The largest absolute Gasteiger partial charge is 0.444 e. The summed E-state index contributed by atoms with van der Waals surface area (Å²) in [5.41, 5.74) is 10.7. The van der Waals surface area contributed by atoms with Crippen molar-refractivity contribution in [3.8, 4) is 22.5 Å². The smallest absolute Gasteiger partial charge is 0.407 e. The van der Waals surface area contributed by atoms with Crippen molar-refractivity contribution in [1.29, 1.82) is 0 Å². The van der Waals surface area contributed by atoms with Gasteiger partial charge in [-0.1, -0.05) is 24.3 Å². The number of pyridine rings is 1. The zero-order valence-electron chi connectivity index (χ0n) is 32.2. The average Bonchev–Trinajstić information content (AvgIpc) is 3.86. The number of anilines is 2. The number of aromatic amines is 1. The Morgan fingerprint density at radius 1 is 1.00 bits per heavy atom. The molecule has 16 nitrogen and oxygen atoms in total. The highest BCUT2D eigenvalue weighted by Gasteiger charge is 2.35. The van der Waals surface area contributed by atoms with E-state index in [2.05, 4.69) is 41.3 Å². The standard InChI is InChI=1S/C40H47N11O5/c1-24-20-33(36(52)44-34-18-19-50(5)47-34)42-23-31(24)27-10-6-25(7-11-27)21-32(41)38(54)51(30-16-14-28(15-17-30)35-45-48-49-46-35)37(53)29-12-8-26(9-13-29)22-43-39(55)56-40(2,3)4/h6-7,10-11,14-20,23,26,29,32H,8-9,12-13,21-22,41H2,1-5H3,(H,43,55)(H,44,47,52)(H,45,46,48,49)/t26?,29?,32-/m0/s1. The molecule has 0 unspecified atom stereocenters. The number of hydrogen-bond acceptors (Lipinski definition) is 11. The molecule has 2 aromatic carbocycles. The van der Waals surface area contributed by atoms with Gasteiger partial charge in [0.25, 0.3) is 11.8 Å². The molecule has 5 N–H and O–H groups in total. The van der Waals surface area contributed by atoms with Crippen molar-refractivity contribution in [2.45, 2.75) is 71.4 Å². The molecule has 3 heterocycles. The maximum atomic E-state index is 14.2. The number of rotatable bonds is 11. The highest BCUT2D eigenvalue weighted by molar-refractivity contribution is 6.17. The first-order valence-corrected chi connectivity index (χ1v) is 18.5. The SMILES string of the molecule is Cc1cc(C(=O)Nc2ccn(C)n2)ncc1-c1ccc(C[C@H](N)C(=O)N(C(=O)C2CCC(CNC(=O)OC(C)(C)C)CC2)c2ccc(-c3nn[nH]n3)cc2)cc1. The Morgan fingerprint density at radius 2 is 1.70 bits per heavy atom. The third-order valence-corrected chi connectivity index (χ3v) is 9.64. The molecule has 0 spiro atoms. The molecule has 0 bridgehead atoms. The molecule has 1 aliphatic carbocycles. The molecule has 16 heteroatoms. The number of amides is 4. The van der Waals surface area contributed by atoms with Crippen LogP contribution >= 0.6 is 0 Å². The van der Waals surface area contributed by atoms with Crippen LogP contribution < -0.4 is 21.3 Å². The minimum atomic E-state index is -1.02. The van der Waals surface area contributed by atoms with Gasteiger partial charge in [0.2, 0.25) is 11.7 Å². The summed E-state index contributed by atoms with van der Waals surface area (Å²) in [6, 6.07) is 16.9. The van der Waals surface area contributed by atoms with Crippen LogP contribution in [0.4, 0.5) is 16.3 Å². The lowest BCUT2D eigenvalue weighted by molar-refractivity contribution is -0.130. The van der Waals surface area contributed by atoms with Gasteiger partial charge in [0.05, 0.1) is 11.7 Å². The predicted molar refractivity (Wildman–Crippen MR) is 209 cm³/mol. The van der Waals surface area contributed by atoms with Gasteiger partial charge in [-0.05, 0) is 118 Å². The second-order valence-corrected chi connectivity index (χ2v) is 15.1. The first kappa shape index (κ1) is 39.4. The number of aryl methyl sites for hydroxylation is 2. The molecule has 0 radical (unpaired) electrons. The van der Waals surface area contributed by atoms with Crippen LogP contribution in [0.15, 0.2) is 73.1 Å². The molecule has 1 saturated carbocycles. The molecule has 56 heavy (non-hydrogen) atoms. The zero-order valence-corrected chi connectivity index (χ0v) is 32.2. The van der Waals surface area contributed by atoms with Gasteiger partial charge in [-0.3, -0.25) is 24.0 Å². The molecule has 1 atom stereocenters. The Kier molecular flexibility index (Phi) is 12.0. The number of aromatic nitrogens is 7. The average molecular weight is 762 g/mol. The normalized spacial score (nSPS) is 16.1. The van der Waals surface area contributed by atoms with E-state index in [1.807, 2.05) is 52.0 Å². The van der Waals surface area contributed by atoms with E-state index in [4.69, 9.17) is 10.5 Å². The number of benzene rings is 2. The number of tetrazole rings is 1. The van der Waals surface area contributed by atoms with Crippen LogP contribution in [0.1, 0.15) is 68.1 Å². The second-order valence-electron chi connectivity index (χ2n) is 15.1. The maximum absolute atomic E-state index is 14.2. The number of hydrogen-bond donors (Lipinski definition) is 4. The summed E-state index contributed by atoms with van der Waals surface area (Å²) < 4.78 is 6.96.